The quantitative estimate of drug-likeness (QED) is 0.767. The third-order valence-electron chi connectivity index (χ3n) is 2.77. The number of amides is 1. The zero-order chi connectivity index (χ0) is 15.4. The van der Waals surface area contributed by atoms with Gasteiger partial charge in [0.15, 0.2) is 17.3 Å². The first-order valence-electron chi connectivity index (χ1n) is 6.41. The average molecular weight is 291 g/mol. The number of aryl methyl sites for hydroxylation is 1. The Morgan fingerprint density at radius 1 is 1.48 bits per heavy atom. The van der Waals surface area contributed by atoms with Gasteiger partial charge in [-0.05, 0) is 19.1 Å². The number of hydrogen-bond donors (Lipinski definition) is 3. The first-order chi connectivity index (χ1) is 10.0. The van der Waals surface area contributed by atoms with E-state index in [4.69, 9.17) is 9.84 Å². The molecule has 0 saturated carbocycles. The van der Waals surface area contributed by atoms with Gasteiger partial charge in [0.25, 0.3) is 5.91 Å². The van der Waals surface area contributed by atoms with Crippen LogP contribution in [-0.2, 0) is 7.05 Å². The number of anilines is 1. The molecule has 1 heterocycles. The smallest absolute Gasteiger partial charge is 0.260 e. The molecule has 0 spiro atoms. The monoisotopic (exact) mass is 291 g/mol. The number of carbonyl (C=O) groups is 1. The Bertz CT molecular complexity index is 639. The molecule has 0 aliphatic carbocycles. The fourth-order valence-corrected chi connectivity index (χ4v) is 1.73. The molecule has 0 unspecified atom stereocenters. The van der Waals surface area contributed by atoms with Crippen LogP contribution in [0.5, 0.6) is 11.5 Å². The van der Waals surface area contributed by atoms with Gasteiger partial charge in [-0.25, -0.2) is 0 Å². The molecule has 0 aliphatic heterocycles. The van der Waals surface area contributed by atoms with Crippen molar-refractivity contribution in [3.63, 3.8) is 0 Å². The highest BCUT2D eigenvalue weighted by Gasteiger charge is 2.18. The number of aromatic hydroxyl groups is 1. The topological polar surface area (TPSA) is 96.6 Å². The number of nitrogens with zero attached hydrogens (tertiary/aromatic N) is 2. The van der Waals surface area contributed by atoms with Crippen LogP contribution in [0.3, 0.4) is 0 Å². The summed E-state index contributed by atoms with van der Waals surface area (Å²) in [6.07, 6.45) is 1.16. The van der Waals surface area contributed by atoms with Crippen molar-refractivity contribution >= 4 is 11.7 Å². The third kappa shape index (κ3) is 3.51. The number of nitrogens with one attached hydrogen (secondary N) is 1. The predicted molar refractivity (Wildman–Crippen MR) is 76.4 cm³/mol. The van der Waals surface area contributed by atoms with Crippen molar-refractivity contribution in [3.8, 4) is 11.5 Å². The number of aliphatic hydroxyl groups excluding tert-OH is 1. The summed E-state index contributed by atoms with van der Waals surface area (Å²) in [5.41, 5.74) is 0.168. The summed E-state index contributed by atoms with van der Waals surface area (Å²) in [5, 5.41) is 25.5. The van der Waals surface area contributed by atoms with Crippen molar-refractivity contribution in [2.45, 2.75) is 13.0 Å². The first-order valence-corrected chi connectivity index (χ1v) is 6.41. The van der Waals surface area contributed by atoms with Gasteiger partial charge < -0.3 is 20.3 Å². The number of aromatic nitrogens is 2. The highest BCUT2D eigenvalue weighted by atomic mass is 16.5. The zero-order valence-electron chi connectivity index (χ0n) is 11.8. The number of benzene rings is 1. The zero-order valence-corrected chi connectivity index (χ0v) is 11.8. The number of para-hydroxylation sites is 1. The van der Waals surface area contributed by atoms with Crippen LogP contribution in [0, 0.1) is 0 Å². The van der Waals surface area contributed by atoms with Crippen LogP contribution in [0.2, 0.25) is 0 Å². The van der Waals surface area contributed by atoms with Crippen LogP contribution in [0.1, 0.15) is 17.3 Å². The van der Waals surface area contributed by atoms with E-state index in [9.17, 15) is 9.90 Å². The van der Waals surface area contributed by atoms with Crippen LogP contribution >= 0.6 is 0 Å². The number of phenols is 1. The molecule has 0 saturated heterocycles. The van der Waals surface area contributed by atoms with Gasteiger partial charge in [-0.15, -0.1) is 0 Å². The maximum absolute atomic E-state index is 12.3. The number of rotatable bonds is 5. The van der Waals surface area contributed by atoms with Crippen LogP contribution in [0.4, 0.5) is 5.82 Å². The molecule has 1 atom stereocenters. The molecule has 0 aliphatic rings. The third-order valence-corrected chi connectivity index (χ3v) is 2.77. The molecule has 0 radical (unpaired) electrons. The Labute approximate surface area is 121 Å². The molecular formula is C14H17N3O4. The molecule has 2 rings (SSSR count). The highest BCUT2D eigenvalue weighted by molar-refractivity contribution is 6.06. The first kappa shape index (κ1) is 14.9. The molecule has 1 aromatic carbocycles. The van der Waals surface area contributed by atoms with Crippen LogP contribution in [0.15, 0.2) is 30.5 Å². The van der Waals surface area contributed by atoms with Crippen molar-refractivity contribution in [1.82, 2.24) is 9.78 Å². The summed E-state index contributed by atoms with van der Waals surface area (Å²) in [5.74, 6) is -0.187. The van der Waals surface area contributed by atoms with E-state index in [0.29, 0.717) is 5.82 Å². The van der Waals surface area contributed by atoms with E-state index in [1.54, 1.807) is 37.0 Å². The molecule has 7 nitrogen and oxygen atoms in total. The van der Waals surface area contributed by atoms with Gasteiger partial charge in [-0.2, -0.15) is 5.10 Å². The van der Waals surface area contributed by atoms with Crippen molar-refractivity contribution in [1.29, 1.82) is 0 Å². The van der Waals surface area contributed by atoms with E-state index < -0.39 is 12.0 Å². The lowest BCUT2D eigenvalue weighted by molar-refractivity contribution is 0.0999. The van der Waals surface area contributed by atoms with Gasteiger partial charge in [-0.1, -0.05) is 6.07 Å². The normalized spacial score (nSPS) is 12.0. The number of carbonyl (C=O) groups excluding carboxylic acids is 1. The maximum Gasteiger partial charge on any atom is 0.260 e. The lowest BCUT2D eigenvalue weighted by atomic mass is 10.1. The van der Waals surface area contributed by atoms with Crippen LogP contribution in [0.25, 0.3) is 0 Å². The molecule has 21 heavy (non-hydrogen) atoms. The average Bonchev–Trinajstić information content (AvgIpc) is 2.86. The van der Waals surface area contributed by atoms with Gasteiger partial charge in [0.2, 0.25) is 0 Å². The minimum atomic E-state index is -0.542. The summed E-state index contributed by atoms with van der Waals surface area (Å²) in [4.78, 5) is 12.3. The number of phenolic OH excluding ortho intramolecular Hbond substituents is 1. The van der Waals surface area contributed by atoms with Crippen LogP contribution in [-0.4, -0.2) is 38.6 Å². The lowest BCUT2D eigenvalue weighted by Crippen LogP contribution is -2.20. The highest BCUT2D eigenvalue weighted by Crippen LogP contribution is 2.31. The molecule has 3 N–H and O–H groups in total. The van der Waals surface area contributed by atoms with Crippen molar-refractivity contribution < 1.29 is 19.7 Å². The molecule has 0 fully saturated rings. The largest absolute Gasteiger partial charge is 0.504 e. The second-order valence-corrected chi connectivity index (χ2v) is 4.59. The van der Waals surface area contributed by atoms with Crippen LogP contribution < -0.4 is 10.1 Å². The van der Waals surface area contributed by atoms with Crippen molar-refractivity contribution in [2.24, 2.45) is 7.05 Å². The van der Waals surface area contributed by atoms with E-state index in [1.807, 2.05) is 0 Å². The van der Waals surface area contributed by atoms with E-state index in [2.05, 4.69) is 10.4 Å². The van der Waals surface area contributed by atoms with E-state index in [1.165, 1.54) is 12.1 Å². The fourth-order valence-electron chi connectivity index (χ4n) is 1.73. The van der Waals surface area contributed by atoms with E-state index >= 15 is 0 Å². The van der Waals surface area contributed by atoms with Gasteiger partial charge in [0.05, 0.1) is 12.2 Å². The summed E-state index contributed by atoms with van der Waals surface area (Å²) in [7, 11) is 1.74. The second kappa shape index (κ2) is 6.27. The van der Waals surface area contributed by atoms with Gasteiger partial charge >= 0.3 is 0 Å². The Morgan fingerprint density at radius 3 is 2.86 bits per heavy atom. The molecule has 1 aromatic heterocycles. The van der Waals surface area contributed by atoms with E-state index in [-0.39, 0.29) is 23.7 Å². The predicted octanol–water partition coefficient (Wildman–Crippen LogP) is 1.14. The van der Waals surface area contributed by atoms with Crippen molar-refractivity contribution in [3.05, 3.63) is 36.0 Å². The maximum atomic E-state index is 12.3. The Hall–Kier alpha value is -2.54. The summed E-state index contributed by atoms with van der Waals surface area (Å²) >= 11 is 0. The van der Waals surface area contributed by atoms with Gasteiger partial charge in [0.1, 0.15) is 6.10 Å². The van der Waals surface area contributed by atoms with Crippen molar-refractivity contribution in [2.75, 3.05) is 11.9 Å². The fraction of sp³-hybridized carbons (Fsp3) is 0.286. The Morgan fingerprint density at radius 2 is 2.24 bits per heavy atom. The summed E-state index contributed by atoms with van der Waals surface area (Å²) < 4.78 is 6.96. The molecule has 1 amide bonds. The molecule has 2 aromatic rings. The summed E-state index contributed by atoms with van der Waals surface area (Å²) in [6.45, 7) is 1.41. The number of ether oxygens (including phenoxy) is 1. The molecule has 0 bridgehead atoms. The van der Waals surface area contributed by atoms with Gasteiger partial charge in [-0.3, -0.25) is 9.48 Å². The minimum Gasteiger partial charge on any atom is -0.504 e. The standard InChI is InChI=1S/C14H17N3O4/c1-9(8-18)21-13-10(4-3-5-11(13)19)14(20)15-12-6-7-17(2)16-12/h3-7,9,18-19H,8H2,1-2H3,(H,15,16,20)/t9-/m0/s1. The molecular weight excluding hydrogens is 274 g/mol. The minimum absolute atomic E-state index is 0.0347. The number of hydrogen-bond acceptors (Lipinski definition) is 5. The lowest BCUT2D eigenvalue weighted by Gasteiger charge is -2.16. The Balaban J connectivity index is 2.25. The summed E-state index contributed by atoms with van der Waals surface area (Å²) in [6, 6.07) is 6.13. The second-order valence-electron chi connectivity index (χ2n) is 4.59. The van der Waals surface area contributed by atoms with E-state index in [0.717, 1.165) is 0 Å². The molecule has 7 heteroatoms. The molecule has 112 valence electrons. The van der Waals surface area contributed by atoms with Gasteiger partial charge in [0, 0.05) is 19.3 Å². The Kier molecular flexibility index (Phi) is 4.44. The number of aliphatic hydroxyl groups is 1. The SMILES string of the molecule is C[C@@H](CO)Oc1c(O)cccc1C(=O)Nc1ccn(C)n1.